The minimum Gasteiger partial charge on any atom is -0.496 e. The second kappa shape index (κ2) is 7.24. The normalized spacial score (nSPS) is 16.8. The van der Waals surface area contributed by atoms with Crippen LogP contribution >= 0.6 is 0 Å². The predicted octanol–water partition coefficient (Wildman–Crippen LogP) is 3.12. The van der Waals surface area contributed by atoms with Gasteiger partial charge in [-0.15, -0.1) is 0 Å². The molecule has 5 heteroatoms. The van der Waals surface area contributed by atoms with E-state index in [1.165, 1.54) is 12.1 Å². The molecule has 1 heterocycles. The molecule has 23 heavy (non-hydrogen) atoms. The van der Waals surface area contributed by atoms with Crippen LogP contribution in [0.3, 0.4) is 0 Å². The van der Waals surface area contributed by atoms with Crippen molar-refractivity contribution in [3.63, 3.8) is 0 Å². The molecule has 0 amide bonds. The number of ether oxygens (including phenoxy) is 1. The summed E-state index contributed by atoms with van der Waals surface area (Å²) in [6.45, 7) is 1.35. The minimum atomic E-state index is -0.220. The van der Waals surface area contributed by atoms with E-state index in [9.17, 15) is 4.39 Å². The Labute approximate surface area is 134 Å². The van der Waals surface area contributed by atoms with Crippen molar-refractivity contribution in [1.82, 2.24) is 5.32 Å². The third-order valence-electron chi connectivity index (χ3n) is 3.77. The van der Waals surface area contributed by atoms with Gasteiger partial charge in [0.05, 0.1) is 12.8 Å². The van der Waals surface area contributed by atoms with Crippen LogP contribution in [-0.4, -0.2) is 25.5 Å². The van der Waals surface area contributed by atoms with Crippen LogP contribution in [0.25, 0.3) is 0 Å². The van der Waals surface area contributed by atoms with E-state index in [1.54, 1.807) is 19.2 Å². The number of oxime groups is 1. The number of methoxy groups -OCH3 is 1. The van der Waals surface area contributed by atoms with E-state index in [0.29, 0.717) is 13.1 Å². The summed E-state index contributed by atoms with van der Waals surface area (Å²) < 4.78 is 18.2. The Balaban J connectivity index is 1.50. The van der Waals surface area contributed by atoms with Crippen LogP contribution in [0.2, 0.25) is 0 Å². The molecule has 0 radical (unpaired) electrons. The number of para-hydroxylation sites is 1. The molecule has 2 aromatic rings. The van der Waals surface area contributed by atoms with E-state index in [4.69, 9.17) is 9.57 Å². The molecular formula is C18H19FN2O2. The number of benzene rings is 2. The van der Waals surface area contributed by atoms with Crippen LogP contribution in [0, 0.1) is 5.82 Å². The standard InChI is InChI=1S/C18H19FN2O2/c1-22-18-5-3-2-4-16(18)17-10-15(23-21-17)12-20-11-13-6-8-14(19)9-7-13/h2-9,15,20H,10-12H2,1H3. The van der Waals surface area contributed by atoms with Crippen molar-refractivity contribution in [3.8, 4) is 5.75 Å². The van der Waals surface area contributed by atoms with Gasteiger partial charge < -0.3 is 14.9 Å². The topological polar surface area (TPSA) is 42.9 Å². The predicted molar refractivity (Wildman–Crippen MR) is 87.1 cm³/mol. The number of nitrogens with one attached hydrogen (secondary N) is 1. The molecule has 0 aromatic heterocycles. The fourth-order valence-corrected chi connectivity index (χ4v) is 2.56. The highest BCUT2D eigenvalue weighted by Crippen LogP contribution is 2.24. The molecule has 0 saturated carbocycles. The SMILES string of the molecule is COc1ccccc1C1=NOC(CNCc2ccc(F)cc2)C1. The number of hydrogen-bond acceptors (Lipinski definition) is 4. The summed E-state index contributed by atoms with van der Waals surface area (Å²) in [5, 5.41) is 7.49. The summed E-state index contributed by atoms with van der Waals surface area (Å²) in [4.78, 5) is 5.49. The molecule has 1 N–H and O–H groups in total. The van der Waals surface area contributed by atoms with Crippen molar-refractivity contribution in [1.29, 1.82) is 0 Å². The number of halogens is 1. The number of nitrogens with zero attached hydrogens (tertiary/aromatic N) is 1. The average Bonchev–Trinajstić information content (AvgIpc) is 3.05. The van der Waals surface area contributed by atoms with Gasteiger partial charge in [0.1, 0.15) is 17.7 Å². The van der Waals surface area contributed by atoms with Crippen molar-refractivity contribution >= 4 is 5.71 Å². The molecule has 4 nitrogen and oxygen atoms in total. The third kappa shape index (κ3) is 3.87. The van der Waals surface area contributed by atoms with Gasteiger partial charge in [0, 0.05) is 25.1 Å². The largest absolute Gasteiger partial charge is 0.496 e. The first-order valence-corrected chi connectivity index (χ1v) is 7.57. The van der Waals surface area contributed by atoms with Crippen LogP contribution in [-0.2, 0) is 11.4 Å². The third-order valence-corrected chi connectivity index (χ3v) is 3.77. The van der Waals surface area contributed by atoms with E-state index >= 15 is 0 Å². The minimum absolute atomic E-state index is 0.00430. The maximum atomic E-state index is 12.9. The van der Waals surface area contributed by atoms with Gasteiger partial charge in [-0.1, -0.05) is 29.4 Å². The zero-order chi connectivity index (χ0) is 16.1. The van der Waals surface area contributed by atoms with Gasteiger partial charge in [0.15, 0.2) is 0 Å². The van der Waals surface area contributed by atoms with Gasteiger partial charge in [0.25, 0.3) is 0 Å². The van der Waals surface area contributed by atoms with Crippen molar-refractivity contribution in [2.24, 2.45) is 5.16 Å². The Kier molecular flexibility index (Phi) is 4.88. The summed E-state index contributed by atoms with van der Waals surface area (Å²) in [6, 6.07) is 14.3. The lowest BCUT2D eigenvalue weighted by Gasteiger charge is -2.10. The molecule has 1 aliphatic heterocycles. The number of hydrogen-bond donors (Lipinski definition) is 1. The maximum absolute atomic E-state index is 12.9. The van der Waals surface area contributed by atoms with Crippen molar-refractivity contribution in [2.45, 2.75) is 19.1 Å². The summed E-state index contributed by atoms with van der Waals surface area (Å²) in [7, 11) is 1.65. The molecule has 0 spiro atoms. The van der Waals surface area contributed by atoms with Crippen molar-refractivity contribution < 1.29 is 14.0 Å². The second-order valence-electron chi connectivity index (χ2n) is 5.43. The zero-order valence-corrected chi connectivity index (χ0v) is 13.0. The highest BCUT2D eigenvalue weighted by Gasteiger charge is 2.23. The quantitative estimate of drug-likeness (QED) is 0.891. The molecule has 3 rings (SSSR count). The van der Waals surface area contributed by atoms with E-state index in [-0.39, 0.29) is 11.9 Å². The lowest BCUT2D eigenvalue weighted by molar-refractivity contribution is 0.0848. The molecule has 1 unspecified atom stereocenters. The van der Waals surface area contributed by atoms with Gasteiger partial charge in [-0.3, -0.25) is 0 Å². The summed E-state index contributed by atoms with van der Waals surface area (Å²) >= 11 is 0. The molecule has 1 atom stereocenters. The van der Waals surface area contributed by atoms with Crippen LogP contribution < -0.4 is 10.1 Å². The van der Waals surface area contributed by atoms with Crippen LogP contribution in [0.1, 0.15) is 17.5 Å². The maximum Gasteiger partial charge on any atom is 0.145 e. The lowest BCUT2D eigenvalue weighted by Crippen LogP contribution is -2.26. The van der Waals surface area contributed by atoms with Gasteiger partial charge in [-0.05, 0) is 29.8 Å². The van der Waals surface area contributed by atoms with Gasteiger partial charge in [-0.25, -0.2) is 4.39 Å². The molecular weight excluding hydrogens is 295 g/mol. The molecule has 0 aliphatic carbocycles. The summed E-state index contributed by atoms with van der Waals surface area (Å²) in [5.74, 6) is 0.581. The highest BCUT2D eigenvalue weighted by molar-refractivity contribution is 6.03. The van der Waals surface area contributed by atoms with E-state index in [0.717, 1.165) is 29.0 Å². The Morgan fingerprint density at radius 2 is 2.00 bits per heavy atom. The first kappa shape index (κ1) is 15.5. The van der Waals surface area contributed by atoms with Gasteiger partial charge in [-0.2, -0.15) is 0 Å². The Hall–Kier alpha value is -2.40. The lowest BCUT2D eigenvalue weighted by atomic mass is 10.0. The van der Waals surface area contributed by atoms with Crippen LogP contribution in [0.4, 0.5) is 4.39 Å². The fourth-order valence-electron chi connectivity index (χ4n) is 2.56. The fraction of sp³-hybridized carbons (Fsp3) is 0.278. The van der Waals surface area contributed by atoms with E-state index in [2.05, 4.69) is 10.5 Å². The molecule has 1 aliphatic rings. The van der Waals surface area contributed by atoms with Gasteiger partial charge in [0.2, 0.25) is 0 Å². The molecule has 0 fully saturated rings. The zero-order valence-electron chi connectivity index (χ0n) is 13.0. The van der Waals surface area contributed by atoms with E-state index in [1.807, 2.05) is 24.3 Å². The average molecular weight is 314 g/mol. The molecule has 0 bridgehead atoms. The van der Waals surface area contributed by atoms with Crippen molar-refractivity contribution in [3.05, 3.63) is 65.5 Å². The Morgan fingerprint density at radius 3 is 2.78 bits per heavy atom. The first-order chi connectivity index (χ1) is 11.3. The highest BCUT2D eigenvalue weighted by atomic mass is 19.1. The Morgan fingerprint density at radius 1 is 1.22 bits per heavy atom. The van der Waals surface area contributed by atoms with Gasteiger partial charge >= 0.3 is 0 Å². The Bertz CT molecular complexity index is 686. The number of rotatable bonds is 6. The monoisotopic (exact) mass is 314 g/mol. The smallest absolute Gasteiger partial charge is 0.145 e. The summed E-state index contributed by atoms with van der Waals surface area (Å²) in [5.41, 5.74) is 2.90. The first-order valence-electron chi connectivity index (χ1n) is 7.57. The molecule has 120 valence electrons. The second-order valence-corrected chi connectivity index (χ2v) is 5.43. The summed E-state index contributed by atoms with van der Waals surface area (Å²) in [6.07, 6.45) is 0.729. The van der Waals surface area contributed by atoms with Crippen molar-refractivity contribution in [2.75, 3.05) is 13.7 Å². The van der Waals surface area contributed by atoms with E-state index < -0.39 is 0 Å². The van der Waals surface area contributed by atoms with Crippen LogP contribution in [0.5, 0.6) is 5.75 Å². The molecule has 2 aromatic carbocycles. The molecule has 0 saturated heterocycles. The van der Waals surface area contributed by atoms with Crippen LogP contribution in [0.15, 0.2) is 53.7 Å².